The summed E-state index contributed by atoms with van der Waals surface area (Å²) in [5, 5.41) is 0. The molecule has 1 aromatic carbocycles. The summed E-state index contributed by atoms with van der Waals surface area (Å²) in [5.74, 6) is 1.73. The van der Waals surface area contributed by atoms with Gasteiger partial charge >= 0.3 is 0 Å². The van der Waals surface area contributed by atoms with Gasteiger partial charge < -0.3 is 0 Å². The van der Waals surface area contributed by atoms with E-state index in [1.807, 2.05) is 0 Å². The third-order valence-corrected chi connectivity index (χ3v) is 5.76. The highest BCUT2D eigenvalue weighted by Crippen LogP contribution is 2.47. The average Bonchev–Trinajstić information content (AvgIpc) is 2.51. The molecule has 0 aromatic heterocycles. The topological polar surface area (TPSA) is 0 Å². The van der Waals surface area contributed by atoms with Crippen LogP contribution in [0.2, 0.25) is 0 Å². The molecule has 114 valence electrons. The highest BCUT2D eigenvalue weighted by Gasteiger charge is 2.35. The maximum absolute atomic E-state index is 13.8. The summed E-state index contributed by atoms with van der Waals surface area (Å²) in [5.41, 5.74) is 0.999. The first kappa shape index (κ1) is 14.7. The zero-order chi connectivity index (χ0) is 15.0. The molecule has 3 rings (SSSR count). The summed E-state index contributed by atoms with van der Waals surface area (Å²) in [4.78, 5) is 0. The Labute approximate surface area is 126 Å². The molecule has 4 unspecified atom stereocenters. The molecule has 2 saturated carbocycles. The number of benzene rings is 1. The van der Waals surface area contributed by atoms with E-state index in [0.29, 0.717) is 11.8 Å². The number of rotatable bonds is 2. The van der Waals surface area contributed by atoms with Crippen molar-refractivity contribution in [2.75, 3.05) is 0 Å². The number of hydrogen-bond acceptors (Lipinski definition) is 0. The van der Waals surface area contributed by atoms with Crippen molar-refractivity contribution in [3.63, 3.8) is 0 Å². The predicted octanol–water partition coefficient (Wildman–Crippen LogP) is 5.76. The zero-order valence-electron chi connectivity index (χ0n) is 12.7. The first-order valence-corrected chi connectivity index (χ1v) is 8.16. The van der Waals surface area contributed by atoms with Crippen molar-refractivity contribution in [3.05, 3.63) is 47.5 Å². The molecule has 1 aromatic rings. The van der Waals surface area contributed by atoms with Gasteiger partial charge in [0.1, 0.15) is 11.6 Å². The molecule has 0 amide bonds. The second-order valence-electron chi connectivity index (χ2n) is 6.95. The monoisotopic (exact) mass is 290 g/mol. The molecule has 2 aliphatic carbocycles. The molecule has 0 nitrogen and oxygen atoms in total. The second kappa shape index (κ2) is 5.90. The van der Waals surface area contributed by atoms with Crippen LogP contribution >= 0.6 is 0 Å². The Bertz CT molecular complexity index is 511. The highest BCUT2D eigenvalue weighted by molar-refractivity contribution is 5.28. The molecular weight excluding hydrogens is 266 g/mol. The quantitative estimate of drug-likeness (QED) is 0.607. The second-order valence-corrected chi connectivity index (χ2v) is 6.95. The molecule has 2 fully saturated rings. The van der Waals surface area contributed by atoms with Crippen LogP contribution in [0.4, 0.5) is 8.78 Å². The molecule has 0 N–H and O–H groups in total. The SMILES string of the molecule is C=CC1CCC2CC(c3cc(F)c(C)c(F)c3)CCC2C1. The molecule has 0 radical (unpaired) electrons. The van der Waals surface area contributed by atoms with Crippen LogP contribution in [0.25, 0.3) is 0 Å². The molecule has 0 heterocycles. The molecule has 4 atom stereocenters. The van der Waals surface area contributed by atoms with Gasteiger partial charge in [-0.25, -0.2) is 8.78 Å². The smallest absolute Gasteiger partial charge is 0.129 e. The van der Waals surface area contributed by atoms with Crippen molar-refractivity contribution < 1.29 is 8.78 Å². The van der Waals surface area contributed by atoms with Gasteiger partial charge in [-0.05, 0) is 86.8 Å². The Balaban J connectivity index is 1.74. The fraction of sp³-hybridized carbons (Fsp3) is 0.579. The van der Waals surface area contributed by atoms with Crippen molar-refractivity contribution >= 4 is 0 Å². The van der Waals surface area contributed by atoms with Gasteiger partial charge in [0.2, 0.25) is 0 Å². The summed E-state index contributed by atoms with van der Waals surface area (Å²) in [6.07, 6.45) is 9.19. The highest BCUT2D eigenvalue weighted by atomic mass is 19.1. The molecule has 0 saturated heterocycles. The van der Waals surface area contributed by atoms with Gasteiger partial charge in [-0.15, -0.1) is 6.58 Å². The Hall–Kier alpha value is -1.18. The van der Waals surface area contributed by atoms with Crippen molar-refractivity contribution in [2.24, 2.45) is 17.8 Å². The van der Waals surface area contributed by atoms with E-state index < -0.39 is 11.6 Å². The lowest BCUT2D eigenvalue weighted by molar-refractivity contribution is 0.133. The summed E-state index contributed by atoms with van der Waals surface area (Å²) in [6, 6.07) is 3.11. The molecule has 2 heteroatoms. The number of allylic oxidation sites excluding steroid dienone is 1. The van der Waals surface area contributed by atoms with E-state index in [2.05, 4.69) is 12.7 Å². The van der Waals surface area contributed by atoms with Crippen LogP contribution < -0.4 is 0 Å². The van der Waals surface area contributed by atoms with Crippen LogP contribution in [0.1, 0.15) is 55.6 Å². The number of fused-ring (bicyclic) bond motifs is 1. The van der Waals surface area contributed by atoms with Crippen LogP contribution in [0, 0.1) is 36.3 Å². The van der Waals surface area contributed by atoms with Gasteiger partial charge in [-0.3, -0.25) is 0 Å². The summed E-state index contributed by atoms with van der Waals surface area (Å²) in [6.45, 7) is 5.43. The third kappa shape index (κ3) is 2.90. The average molecular weight is 290 g/mol. The van der Waals surface area contributed by atoms with Gasteiger partial charge in [0.15, 0.2) is 0 Å². The van der Waals surface area contributed by atoms with E-state index in [0.717, 1.165) is 30.2 Å². The lowest BCUT2D eigenvalue weighted by Crippen LogP contribution is -2.30. The Kier molecular flexibility index (Phi) is 4.14. The normalized spacial score (nSPS) is 32.5. The fourth-order valence-electron chi connectivity index (χ4n) is 4.34. The maximum atomic E-state index is 13.8. The van der Waals surface area contributed by atoms with Crippen molar-refractivity contribution in [2.45, 2.75) is 51.4 Å². The lowest BCUT2D eigenvalue weighted by Gasteiger charge is -2.41. The zero-order valence-corrected chi connectivity index (χ0v) is 12.7. The van der Waals surface area contributed by atoms with E-state index in [-0.39, 0.29) is 5.56 Å². The van der Waals surface area contributed by atoms with E-state index in [1.54, 1.807) is 12.1 Å². The molecule has 0 bridgehead atoms. The third-order valence-electron chi connectivity index (χ3n) is 5.76. The van der Waals surface area contributed by atoms with Crippen LogP contribution in [0.3, 0.4) is 0 Å². The van der Waals surface area contributed by atoms with E-state index >= 15 is 0 Å². The summed E-state index contributed by atoms with van der Waals surface area (Å²) >= 11 is 0. The van der Waals surface area contributed by atoms with Crippen LogP contribution in [0.5, 0.6) is 0 Å². The van der Waals surface area contributed by atoms with Crippen molar-refractivity contribution in [1.82, 2.24) is 0 Å². The molecule has 21 heavy (non-hydrogen) atoms. The largest absolute Gasteiger partial charge is 0.207 e. The number of halogens is 2. The van der Waals surface area contributed by atoms with E-state index in [4.69, 9.17) is 0 Å². The first-order valence-electron chi connectivity index (χ1n) is 8.16. The molecule has 2 aliphatic rings. The maximum Gasteiger partial charge on any atom is 0.129 e. The minimum atomic E-state index is -0.400. The Morgan fingerprint density at radius 2 is 1.62 bits per heavy atom. The number of hydrogen-bond donors (Lipinski definition) is 0. The van der Waals surface area contributed by atoms with Gasteiger partial charge in [0, 0.05) is 5.56 Å². The van der Waals surface area contributed by atoms with Crippen LogP contribution in [-0.2, 0) is 0 Å². The molecular formula is C19H24F2. The Morgan fingerprint density at radius 3 is 2.29 bits per heavy atom. The predicted molar refractivity (Wildman–Crippen MR) is 82.2 cm³/mol. The summed E-state index contributed by atoms with van der Waals surface area (Å²) < 4.78 is 27.5. The van der Waals surface area contributed by atoms with Crippen molar-refractivity contribution in [1.29, 1.82) is 0 Å². The van der Waals surface area contributed by atoms with E-state index in [1.165, 1.54) is 32.6 Å². The molecule has 0 spiro atoms. The van der Waals surface area contributed by atoms with Gasteiger partial charge in [0.25, 0.3) is 0 Å². The Morgan fingerprint density at radius 1 is 1.00 bits per heavy atom. The molecule has 0 aliphatic heterocycles. The van der Waals surface area contributed by atoms with Crippen LogP contribution in [-0.4, -0.2) is 0 Å². The summed E-state index contributed by atoms with van der Waals surface area (Å²) in [7, 11) is 0. The van der Waals surface area contributed by atoms with Crippen LogP contribution in [0.15, 0.2) is 24.8 Å². The lowest BCUT2D eigenvalue weighted by atomic mass is 9.64. The van der Waals surface area contributed by atoms with Gasteiger partial charge in [-0.2, -0.15) is 0 Å². The van der Waals surface area contributed by atoms with Gasteiger partial charge in [0.05, 0.1) is 0 Å². The van der Waals surface area contributed by atoms with Gasteiger partial charge in [-0.1, -0.05) is 6.08 Å². The standard InChI is InChI=1S/C19H24F2/c1-3-13-4-5-15-9-16(7-6-14(15)8-13)17-10-18(20)12(2)19(21)11-17/h3,10-11,13-16H,1,4-9H2,2H3. The fourth-order valence-corrected chi connectivity index (χ4v) is 4.34. The first-order chi connectivity index (χ1) is 10.1. The van der Waals surface area contributed by atoms with E-state index in [9.17, 15) is 8.78 Å². The van der Waals surface area contributed by atoms with Crippen molar-refractivity contribution in [3.8, 4) is 0 Å². The minimum absolute atomic E-state index is 0.138. The minimum Gasteiger partial charge on any atom is -0.207 e.